The summed E-state index contributed by atoms with van der Waals surface area (Å²) in [6.45, 7) is 6.48. The summed E-state index contributed by atoms with van der Waals surface area (Å²) in [5.41, 5.74) is -0.600. The number of ether oxygens (including phenoxy) is 1. The zero-order valence-electron chi connectivity index (χ0n) is 12.3. The summed E-state index contributed by atoms with van der Waals surface area (Å²) in [5.74, 6) is 0.626. The molecule has 0 amide bonds. The van der Waals surface area contributed by atoms with Crippen molar-refractivity contribution in [1.82, 2.24) is 10.2 Å². The number of nitrogens with one attached hydrogen (secondary N) is 1. The fraction of sp³-hybridized carbons (Fsp3) is 0.929. The van der Waals surface area contributed by atoms with Crippen LogP contribution in [0.4, 0.5) is 0 Å². The van der Waals surface area contributed by atoms with Crippen LogP contribution < -0.4 is 5.32 Å². The first-order valence-corrected chi connectivity index (χ1v) is 7.04. The van der Waals surface area contributed by atoms with Crippen LogP contribution in [-0.4, -0.2) is 50.2 Å². The highest BCUT2D eigenvalue weighted by Gasteiger charge is 2.35. The smallest absolute Gasteiger partial charge is 0.327 e. The van der Waals surface area contributed by atoms with Gasteiger partial charge in [0.05, 0.1) is 7.11 Å². The van der Waals surface area contributed by atoms with E-state index in [1.54, 1.807) is 0 Å². The Morgan fingerprint density at radius 2 is 2.06 bits per heavy atom. The Morgan fingerprint density at radius 1 is 1.44 bits per heavy atom. The maximum Gasteiger partial charge on any atom is 0.327 e. The first-order chi connectivity index (χ1) is 8.51. The molecule has 1 saturated carbocycles. The average Bonchev–Trinajstić information content (AvgIpc) is 2.80. The fourth-order valence-corrected chi connectivity index (χ4v) is 3.05. The molecule has 1 N–H and O–H groups in total. The van der Waals surface area contributed by atoms with E-state index >= 15 is 0 Å². The number of hydrogen-bond acceptors (Lipinski definition) is 4. The molecule has 1 aliphatic rings. The first-order valence-electron chi connectivity index (χ1n) is 7.04. The summed E-state index contributed by atoms with van der Waals surface area (Å²) in [6.07, 6.45) is 5.39. The summed E-state index contributed by atoms with van der Waals surface area (Å²) in [5, 5.41) is 3.25. The van der Waals surface area contributed by atoms with Crippen LogP contribution in [0.5, 0.6) is 0 Å². The standard InChI is InChI=1S/C14H28N2O2/c1-5-15-14(2,13(17)18-4)11-16(3)10-12-8-6-7-9-12/h12,15H,5-11H2,1-4H3. The van der Waals surface area contributed by atoms with Crippen LogP contribution in [0.1, 0.15) is 39.5 Å². The normalized spacial score (nSPS) is 20.1. The number of esters is 1. The van der Waals surface area contributed by atoms with Gasteiger partial charge in [0, 0.05) is 13.1 Å². The number of hydrogen-bond donors (Lipinski definition) is 1. The third-order valence-electron chi connectivity index (χ3n) is 3.83. The largest absolute Gasteiger partial charge is 0.468 e. The van der Waals surface area contributed by atoms with E-state index in [1.165, 1.54) is 32.8 Å². The van der Waals surface area contributed by atoms with Crippen LogP contribution >= 0.6 is 0 Å². The zero-order valence-corrected chi connectivity index (χ0v) is 12.3. The fourth-order valence-electron chi connectivity index (χ4n) is 3.05. The second-order valence-corrected chi connectivity index (χ2v) is 5.70. The van der Waals surface area contributed by atoms with Crippen molar-refractivity contribution in [3.63, 3.8) is 0 Å². The summed E-state index contributed by atoms with van der Waals surface area (Å²) in [4.78, 5) is 14.1. The van der Waals surface area contributed by atoms with E-state index in [1.807, 2.05) is 13.8 Å². The first kappa shape index (κ1) is 15.4. The van der Waals surface area contributed by atoms with E-state index in [9.17, 15) is 4.79 Å². The minimum Gasteiger partial charge on any atom is -0.468 e. The number of methoxy groups -OCH3 is 1. The van der Waals surface area contributed by atoms with Crippen molar-refractivity contribution < 1.29 is 9.53 Å². The van der Waals surface area contributed by atoms with Gasteiger partial charge in [-0.15, -0.1) is 0 Å². The van der Waals surface area contributed by atoms with Crippen LogP contribution in [0.2, 0.25) is 0 Å². The third kappa shape index (κ3) is 4.25. The molecule has 18 heavy (non-hydrogen) atoms. The van der Waals surface area contributed by atoms with Gasteiger partial charge in [0.15, 0.2) is 0 Å². The number of carbonyl (C=O) groups excluding carboxylic acids is 1. The lowest BCUT2D eigenvalue weighted by atomic mass is 10.0. The third-order valence-corrected chi connectivity index (χ3v) is 3.83. The van der Waals surface area contributed by atoms with Crippen molar-refractivity contribution in [3.8, 4) is 0 Å². The molecule has 0 aromatic heterocycles. The molecule has 0 saturated heterocycles. The van der Waals surface area contributed by atoms with Gasteiger partial charge in [-0.3, -0.25) is 4.79 Å². The van der Waals surface area contributed by atoms with Crippen molar-refractivity contribution in [2.75, 3.05) is 33.8 Å². The highest BCUT2D eigenvalue weighted by molar-refractivity contribution is 5.80. The van der Waals surface area contributed by atoms with E-state index in [4.69, 9.17) is 4.74 Å². The van der Waals surface area contributed by atoms with Gasteiger partial charge in [-0.1, -0.05) is 19.8 Å². The number of likely N-dealkylation sites (N-methyl/N-ethyl adjacent to an activating group) is 2. The lowest BCUT2D eigenvalue weighted by Gasteiger charge is -2.33. The molecule has 1 unspecified atom stereocenters. The molecule has 4 nitrogen and oxygen atoms in total. The Balaban J connectivity index is 2.50. The molecule has 0 aromatic rings. The lowest BCUT2D eigenvalue weighted by molar-refractivity contribution is -0.148. The van der Waals surface area contributed by atoms with E-state index in [2.05, 4.69) is 17.3 Å². The van der Waals surface area contributed by atoms with Gasteiger partial charge in [0.2, 0.25) is 0 Å². The van der Waals surface area contributed by atoms with Gasteiger partial charge in [-0.25, -0.2) is 0 Å². The summed E-state index contributed by atoms with van der Waals surface area (Å²) in [7, 11) is 3.55. The number of rotatable bonds is 7. The Hall–Kier alpha value is -0.610. The molecule has 4 heteroatoms. The van der Waals surface area contributed by atoms with Gasteiger partial charge in [0.25, 0.3) is 0 Å². The van der Waals surface area contributed by atoms with Crippen LogP contribution in [0, 0.1) is 5.92 Å². The second-order valence-electron chi connectivity index (χ2n) is 5.70. The average molecular weight is 256 g/mol. The minimum absolute atomic E-state index is 0.178. The lowest BCUT2D eigenvalue weighted by Crippen LogP contribution is -2.57. The van der Waals surface area contributed by atoms with Crippen molar-refractivity contribution >= 4 is 5.97 Å². The molecule has 0 heterocycles. The van der Waals surface area contributed by atoms with E-state index in [-0.39, 0.29) is 5.97 Å². The van der Waals surface area contributed by atoms with Crippen LogP contribution in [0.15, 0.2) is 0 Å². The van der Waals surface area contributed by atoms with Crippen LogP contribution in [-0.2, 0) is 9.53 Å². The maximum atomic E-state index is 11.9. The molecule has 0 radical (unpaired) electrons. The molecule has 1 fully saturated rings. The SMILES string of the molecule is CCNC(C)(CN(C)CC1CCCC1)C(=O)OC. The Bertz CT molecular complexity index is 265. The molecule has 0 aliphatic heterocycles. The molecule has 106 valence electrons. The predicted molar refractivity (Wildman–Crippen MR) is 73.6 cm³/mol. The molecule has 1 atom stereocenters. The van der Waals surface area contributed by atoms with Crippen LogP contribution in [0.3, 0.4) is 0 Å². The minimum atomic E-state index is -0.600. The molecule has 1 rings (SSSR count). The molecule has 0 spiro atoms. The quantitative estimate of drug-likeness (QED) is 0.703. The molecule has 1 aliphatic carbocycles. The van der Waals surface area contributed by atoms with Gasteiger partial charge in [-0.05, 0) is 39.3 Å². The molecule has 0 bridgehead atoms. The monoisotopic (exact) mass is 256 g/mol. The Morgan fingerprint density at radius 3 is 2.56 bits per heavy atom. The molecular weight excluding hydrogens is 228 g/mol. The summed E-state index contributed by atoms with van der Waals surface area (Å²) < 4.78 is 4.91. The van der Waals surface area contributed by atoms with E-state index < -0.39 is 5.54 Å². The van der Waals surface area contributed by atoms with Crippen molar-refractivity contribution in [2.45, 2.75) is 45.1 Å². The van der Waals surface area contributed by atoms with Crippen molar-refractivity contribution in [3.05, 3.63) is 0 Å². The second kappa shape index (κ2) is 7.10. The highest BCUT2D eigenvalue weighted by Crippen LogP contribution is 2.25. The summed E-state index contributed by atoms with van der Waals surface area (Å²) >= 11 is 0. The van der Waals surface area contributed by atoms with E-state index in [0.29, 0.717) is 6.54 Å². The Labute approximate surface area is 111 Å². The van der Waals surface area contributed by atoms with Crippen molar-refractivity contribution in [1.29, 1.82) is 0 Å². The number of carbonyl (C=O) groups is 1. The zero-order chi connectivity index (χ0) is 13.6. The van der Waals surface area contributed by atoms with Gasteiger partial charge in [-0.2, -0.15) is 0 Å². The summed E-state index contributed by atoms with van der Waals surface area (Å²) in [6, 6.07) is 0. The Kier molecular flexibility index (Phi) is 6.09. The van der Waals surface area contributed by atoms with Gasteiger partial charge in [0.1, 0.15) is 5.54 Å². The van der Waals surface area contributed by atoms with Gasteiger partial charge >= 0.3 is 5.97 Å². The number of nitrogens with zero attached hydrogens (tertiary/aromatic N) is 1. The van der Waals surface area contributed by atoms with E-state index in [0.717, 1.165) is 19.0 Å². The molecule has 0 aromatic carbocycles. The van der Waals surface area contributed by atoms with Crippen LogP contribution in [0.25, 0.3) is 0 Å². The topological polar surface area (TPSA) is 41.6 Å². The van der Waals surface area contributed by atoms with Gasteiger partial charge < -0.3 is 15.0 Å². The highest BCUT2D eigenvalue weighted by atomic mass is 16.5. The predicted octanol–water partition coefficient (Wildman–Crippen LogP) is 1.65. The van der Waals surface area contributed by atoms with Crippen molar-refractivity contribution in [2.24, 2.45) is 5.92 Å². The maximum absolute atomic E-state index is 11.9. The molecular formula is C14H28N2O2.